The van der Waals surface area contributed by atoms with Crippen molar-refractivity contribution in [2.24, 2.45) is 0 Å². The predicted molar refractivity (Wildman–Crippen MR) is 127 cm³/mol. The quantitative estimate of drug-likeness (QED) is 0.671. The molecule has 3 aromatic rings. The normalized spacial score (nSPS) is 23.4. The Morgan fingerprint density at radius 1 is 1.06 bits per heavy atom. The van der Waals surface area contributed by atoms with Crippen LogP contribution in [0.3, 0.4) is 0 Å². The van der Waals surface area contributed by atoms with Gasteiger partial charge >= 0.3 is 0 Å². The maximum Gasteiger partial charge on any atom is 0.254 e. The van der Waals surface area contributed by atoms with E-state index >= 15 is 0 Å². The van der Waals surface area contributed by atoms with Gasteiger partial charge in [0.1, 0.15) is 5.82 Å². The second kappa shape index (κ2) is 9.29. The number of aromatic nitrogens is 2. The average Bonchev–Trinajstić information content (AvgIpc) is 3.37. The molecule has 1 amide bonds. The number of amides is 1. The van der Waals surface area contributed by atoms with Crippen molar-refractivity contribution in [3.8, 4) is 0 Å². The van der Waals surface area contributed by atoms with Gasteiger partial charge in [-0.25, -0.2) is 4.98 Å². The monoisotopic (exact) mass is 428 g/mol. The Morgan fingerprint density at radius 2 is 1.88 bits per heavy atom. The fourth-order valence-electron chi connectivity index (χ4n) is 5.48. The van der Waals surface area contributed by atoms with Crippen LogP contribution in [0.4, 0.5) is 0 Å². The van der Waals surface area contributed by atoms with Crippen LogP contribution in [0.15, 0.2) is 67.0 Å². The first-order valence-electron chi connectivity index (χ1n) is 11.9. The van der Waals surface area contributed by atoms with Crippen LogP contribution < -0.4 is 5.32 Å². The molecule has 0 unspecified atom stereocenters. The van der Waals surface area contributed by atoms with Crippen molar-refractivity contribution >= 4 is 5.91 Å². The van der Waals surface area contributed by atoms with Crippen LogP contribution >= 0.6 is 0 Å². The van der Waals surface area contributed by atoms with E-state index in [-0.39, 0.29) is 11.9 Å². The third-order valence-corrected chi connectivity index (χ3v) is 7.20. The first-order chi connectivity index (χ1) is 15.7. The second-order valence-electron chi connectivity index (χ2n) is 9.13. The minimum atomic E-state index is 0.161. The summed E-state index contributed by atoms with van der Waals surface area (Å²) in [5, 5.41) is 3.82. The molecule has 3 heterocycles. The van der Waals surface area contributed by atoms with E-state index in [0.29, 0.717) is 18.5 Å². The second-order valence-corrected chi connectivity index (χ2v) is 9.13. The largest absolute Gasteiger partial charge is 0.333 e. The van der Waals surface area contributed by atoms with Gasteiger partial charge in [0.2, 0.25) is 0 Å². The number of nitrogens with zero attached hydrogens (tertiary/aromatic N) is 3. The molecule has 1 aromatic heterocycles. The highest BCUT2D eigenvalue weighted by molar-refractivity contribution is 5.96. The minimum absolute atomic E-state index is 0.161. The van der Waals surface area contributed by atoms with E-state index in [4.69, 9.17) is 0 Å². The Labute approximate surface area is 190 Å². The summed E-state index contributed by atoms with van der Waals surface area (Å²) in [4.78, 5) is 20.5. The van der Waals surface area contributed by atoms with Crippen molar-refractivity contribution in [1.82, 2.24) is 19.8 Å². The van der Waals surface area contributed by atoms with E-state index in [0.717, 1.165) is 36.5 Å². The van der Waals surface area contributed by atoms with Gasteiger partial charge in [-0.2, -0.15) is 0 Å². The lowest BCUT2D eigenvalue weighted by atomic mass is 9.88. The number of nitrogens with one attached hydrogen (secondary N) is 1. The summed E-state index contributed by atoms with van der Waals surface area (Å²) in [6, 6.07) is 19.3. The van der Waals surface area contributed by atoms with Gasteiger partial charge in [0.05, 0.1) is 0 Å². The van der Waals surface area contributed by atoms with Gasteiger partial charge in [-0.1, -0.05) is 61.4 Å². The standard InChI is InChI=1S/C27H32N4O/c1-20-28-16-17-30(20)18-22-12-7-8-13-23(22)27(32)31-19-24(21-10-4-2-5-11-21)26-25(31)14-6-3-9-15-29-26/h2,4-5,7-8,10-13,16-17,24-26,29H,3,6,9,14-15,18-19H2,1H3/t24-,25-,26-/m0/s1. The van der Waals surface area contributed by atoms with Crippen LogP contribution in [-0.4, -0.2) is 45.5 Å². The summed E-state index contributed by atoms with van der Waals surface area (Å²) in [6.07, 6.45) is 8.48. The first kappa shape index (κ1) is 21.0. The molecule has 2 aromatic carbocycles. The van der Waals surface area contributed by atoms with Gasteiger partial charge in [-0.3, -0.25) is 4.79 Å². The van der Waals surface area contributed by atoms with Gasteiger partial charge in [0, 0.05) is 49.0 Å². The lowest BCUT2D eigenvalue weighted by molar-refractivity contribution is 0.0711. The molecule has 5 heteroatoms. The van der Waals surface area contributed by atoms with Crippen LogP contribution in [0.25, 0.3) is 0 Å². The highest BCUT2D eigenvalue weighted by Crippen LogP contribution is 2.36. The van der Waals surface area contributed by atoms with E-state index in [9.17, 15) is 4.79 Å². The smallest absolute Gasteiger partial charge is 0.254 e. The fraction of sp³-hybridized carbons (Fsp3) is 0.407. The van der Waals surface area contributed by atoms with Crippen molar-refractivity contribution in [3.05, 3.63) is 89.5 Å². The highest BCUT2D eigenvalue weighted by atomic mass is 16.2. The van der Waals surface area contributed by atoms with Gasteiger partial charge in [0.25, 0.3) is 5.91 Å². The minimum Gasteiger partial charge on any atom is -0.333 e. The molecule has 0 radical (unpaired) electrons. The molecule has 2 saturated heterocycles. The SMILES string of the molecule is Cc1nccn1Cc1ccccc1C(=O)N1C[C@@H](c2ccccc2)[C@@H]2NCCCCC[C@@H]21. The fourth-order valence-corrected chi connectivity index (χ4v) is 5.48. The molecule has 0 saturated carbocycles. The number of hydrogen-bond donors (Lipinski definition) is 1. The van der Waals surface area contributed by atoms with E-state index in [1.165, 1.54) is 24.8 Å². The number of hydrogen-bond acceptors (Lipinski definition) is 3. The molecular weight excluding hydrogens is 396 g/mol. The number of fused-ring (bicyclic) bond motifs is 1. The zero-order valence-corrected chi connectivity index (χ0v) is 18.8. The number of rotatable bonds is 4. The Balaban J connectivity index is 1.47. The Morgan fingerprint density at radius 3 is 2.69 bits per heavy atom. The topological polar surface area (TPSA) is 50.2 Å². The molecular formula is C27H32N4O. The zero-order chi connectivity index (χ0) is 21.9. The van der Waals surface area contributed by atoms with Gasteiger partial charge in [0.15, 0.2) is 0 Å². The molecule has 5 rings (SSSR count). The number of carbonyl (C=O) groups excluding carboxylic acids is 1. The van der Waals surface area contributed by atoms with Crippen molar-refractivity contribution < 1.29 is 4.79 Å². The molecule has 32 heavy (non-hydrogen) atoms. The average molecular weight is 429 g/mol. The van der Waals surface area contributed by atoms with Crippen LogP contribution in [0, 0.1) is 6.92 Å². The van der Waals surface area contributed by atoms with Crippen molar-refractivity contribution in [1.29, 1.82) is 0 Å². The Kier molecular flexibility index (Phi) is 6.08. The lowest BCUT2D eigenvalue weighted by Crippen LogP contribution is -2.47. The zero-order valence-electron chi connectivity index (χ0n) is 18.8. The number of carbonyl (C=O) groups is 1. The Bertz CT molecular complexity index is 1060. The number of likely N-dealkylation sites (tertiary alicyclic amines) is 1. The third kappa shape index (κ3) is 4.09. The molecule has 3 atom stereocenters. The Hall–Kier alpha value is -2.92. The van der Waals surface area contributed by atoms with Crippen LogP contribution in [-0.2, 0) is 6.54 Å². The molecule has 2 aliphatic rings. The molecule has 1 N–H and O–H groups in total. The third-order valence-electron chi connectivity index (χ3n) is 7.20. The highest BCUT2D eigenvalue weighted by Gasteiger charge is 2.44. The predicted octanol–water partition coefficient (Wildman–Crippen LogP) is 4.38. The van der Waals surface area contributed by atoms with Crippen molar-refractivity contribution in [3.63, 3.8) is 0 Å². The summed E-state index contributed by atoms with van der Waals surface area (Å²) < 4.78 is 2.10. The van der Waals surface area contributed by atoms with Gasteiger partial charge < -0.3 is 14.8 Å². The molecule has 0 aliphatic carbocycles. The van der Waals surface area contributed by atoms with Crippen LogP contribution in [0.5, 0.6) is 0 Å². The van der Waals surface area contributed by atoms with Gasteiger partial charge in [-0.15, -0.1) is 0 Å². The molecule has 2 fully saturated rings. The summed E-state index contributed by atoms with van der Waals surface area (Å²) in [5.41, 5.74) is 3.19. The summed E-state index contributed by atoms with van der Waals surface area (Å²) in [7, 11) is 0. The molecule has 2 aliphatic heterocycles. The van der Waals surface area contributed by atoms with Gasteiger partial charge in [-0.05, 0) is 43.5 Å². The van der Waals surface area contributed by atoms with Crippen LogP contribution in [0.1, 0.15) is 58.9 Å². The number of imidazole rings is 1. The summed E-state index contributed by atoms with van der Waals surface area (Å²) in [6.45, 7) is 4.46. The van der Waals surface area contributed by atoms with E-state index in [2.05, 4.69) is 56.2 Å². The van der Waals surface area contributed by atoms with Crippen molar-refractivity contribution in [2.45, 2.75) is 57.2 Å². The van der Waals surface area contributed by atoms with Crippen molar-refractivity contribution in [2.75, 3.05) is 13.1 Å². The molecule has 0 bridgehead atoms. The summed E-state index contributed by atoms with van der Waals surface area (Å²) in [5.74, 6) is 1.45. The number of benzene rings is 2. The molecule has 166 valence electrons. The van der Waals surface area contributed by atoms with E-state index < -0.39 is 0 Å². The maximum absolute atomic E-state index is 14.0. The number of aryl methyl sites for hydroxylation is 1. The van der Waals surface area contributed by atoms with E-state index in [1.54, 1.807) is 0 Å². The summed E-state index contributed by atoms with van der Waals surface area (Å²) >= 11 is 0. The molecule has 0 spiro atoms. The lowest BCUT2D eigenvalue weighted by Gasteiger charge is -2.31. The first-order valence-corrected chi connectivity index (χ1v) is 11.9. The van der Waals surface area contributed by atoms with E-state index in [1.807, 2.05) is 37.5 Å². The molecule has 5 nitrogen and oxygen atoms in total. The van der Waals surface area contributed by atoms with Crippen LogP contribution in [0.2, 0.25) is 0 Å². The maximum atomic E-state index is 14.0.